The van der Waals surface area contributed by atoms with Crippen LogP contribution in [0.2, 0.25) is 0 Å². The van der Waals surface area contributed by atoms with Gasteiger partial charge in [0.1, 0.15) is 0 Å². The van der Waals surface area contributed by atoms with E-state index in [0.29, 0.717) is 6.29 Å². The normalized spacial score (nSPS) is 11.8. The largest absolute Gasteiger partial charge is 0.347 e. The maximum atomic E-state index is 11.0. The molecule has 1 N–H and O–H groups in total. The first-order valence-electron chi connectivity index (χ1n) is 5.56. The molecule has 0 aromatic heterocycles. The molecule has 0 aliphatic carbocycles. The predicted molar refractivity (Wildman–Crippen MR) is 63.0 cm³/mol. The van der Waals surface area contributed by atoms with Gasteiger partial charge in [0.2, 0.25) is 6.29 Å². The molecule has 3 nitrogen and oxygen atoms in total. The Kier molecular flexibility index (Phi) is 5.26. The molecule has 0 fully saturated rings. The van der Waals surface area contributed by atoms with Crippen molar-refractivity contribution in [2.75, 3.05) is 0 Å². The van der Waals surface area contributed by atoms with Crippen molar-refractivity contribution in [1.29, 1.82) is 0 Å². The van der Waals surface area contributed by atoms with E-state index in [1.807, 2.05) is 30.3 Å². The van der Waals surface area contributed by atoms with Gasteiger partial charge in [0, 0.05) is 6.04 Å². The molecule has 1 amide bonds. The maximum Gasteiger partial charge on any atom is 0.284 e. The number of hydrogen-bond donors (Lipinski definition) is 1. The Balaban J connectivity index is 2.57. The number of carbonyl (C=O) groups excluding carboxylic acids is 2. The third kappa shape index (κ3) is 4.26. The van der Waals surface area contributed by atoms with E-state index >= 15 is 0 Å². The van der Waals surface area contributed by atoms with Crippen molar-refractivity contribution in [2.45, 2.75) is 32.2 Å². The molecular formula is C13H17NO2. The Morgan fingerprint density at radius 1 is 1.38 bits per heavy atom. The summed E-state index contributed by atoms with van der Waals surface area (Å²) in [6, 6.07) is 10.00. The first-order chi connectivity index (χ1) is 7.76. The summed E-state index contributed by atoms with van der Waals surface area (Å²) >= 11 is 0. The minimum atomic E-state index is -0.533. The van der Waals surface area contributed by atoms with Gasteiger partial charge in [-0.25, -0.2) is 0 Å². The van der Waals surface area contributed by atoms with Crippen LogP contribution < -0.4 is 5.32 Å². The average molecular weight is 219 g/mol. The van der Waals surface area contributed by atoms with Crippen molar-refractivity contribution < 1.29 is 9.59 Å². The number of nitrogens with one attached hydrogen (secondary N) is 1. The zero-order valence-corrected chi connectivity index (χ0v) is 9.48. The molecule has 3 heteroatoms. The maximum absolute atomic E-state index is 11.0. The Hall–Kier alpha value is -1.64. The van der Waals surface area contributed by atoms with E-state index < -0.39 is 5.91 Å². The summed E-state index contributed by atoms with van der Waals surface area (Å²) in [6.07, 6.45) is 2.97. The third-order valence-corrected chi connectivity index (χ3v) is 2.42. The molecule has 16 heavy (non-hydrogen) atoms. The first-order valence-corrected chi connectivity index (χ1v) is 5.56. The molecule has 1 unspecified atom stereocenters. The number of hydrogen-bond acceptors (Lipinski definition) is 2. The third-order valence-electron chi connectivity index (χ3n) is 2.42. The lowest BCUT2D eigenvalue weighted by atomic mass is 10.0. The second-order valence-corrected chi connectivity index (χ2v) is 3.80. The van der Waals surface area contributed by atoms with Crippen LogP contribution in [0.3, 0.4) is 0 Å². The van der Waals surface area contributed by atoms with Gasteiger partial charge in [0.15, 0.2) is 0 Å². The summed E-state index contributed by atoms with van der Waals surface area (Å²) in [5, 5.41) is 2.71. The van der Waals surface area contributed by atoms with E-state index in [1.165, 1.54) is 5.56 Å². The Morgan fingerprint density at radius 3 is 2.62 bits per heavy atom. The molecular weight excluding hydrogens is 202 g/mol. The van der Waals surface area contributed by atoms with Crippen molar-refractivity contribution in [3.05, 3.63) is 35.9 Å². The molecule has 0 aliphatic heterocycles. The molecule has 1 aromatic rings. The minimum absolute atomic E-state index is 0.0464. The van der Waals surface area contributed by atoms with Gasteiger partial charge < -0.3 is 5.32 Å². The Bertz CT molecular complexity index is 335. The molecule has 1 rings (SSSR count). The molecule has 0 saturated carbocycles. The van der Waals surface area contributed by atoms with E-state index in [0.717, 1.165) is 19.3 Å². The molecule has 1 atom stereocenters. The van der Waals surface area contributed by atoms with E-state index in [1.54, 1.807) is 0 Å². The fourth-order valence-electron chi connectivity index (χ4n) is 1.71. The molecule has 0 aliphatic rings. The van der Waals surface area contributed by atoms with Crippen LogP contribution in [0.4, 0.5) is 0 Å². The number of rotatable bonds is 6. The summed E-state index contributed by atoms with van der Waals surface area (Å²) in [5.41, 5.74) is 1.17. The van der Waals surface area contributed by atoms with Gasteiger partial charge in [-0.05, 0) is 18.4 Å². The van der Waals surface area contributed by atoms with Gasteiger partial charge in [0.05, 0.1) is 0 Å². The van der Waals surface area contributed by atoms with Crippen LogP contribution >= 0.6 is 0 Å². The highest BCUT2D eigenvalue weighted by Crippen LogP contribution is 2.07. The van der Waals surface area contributed by atoms with Crippen LogP contribution in [0.5, 0.6) is 0 Å². The highest BCUT2D eigenvalue weighted by molar-refractivity contribution is 6.23. The molecule has 0 saturated heterocycles. The summed E-state index contributed by atoms with van der Waals surface area (Å²) in [4.78, 5) is 21.3. The first kappa shape index (κ1) is 12.4. The summed E-state index contributed by atoms with van der Waals surface area (Å²) in [5.74, 6) is -0.533. The monoisotopic (exact) mass is 219 g/mol. The van der Waals surface area contributed by atoms with Crippen molar-refractivity contribution in [2.24, 2.45) is 0 Å². The highest BCUT2D eigenvalue weighted by atomic mass is 16.2. The van der Waals surface area contributed by atoms with Gasteiger partial charge in [-0.3, -0.25) is 9.59 Å². The van der Waals surface area contributed by atoms with Crippen LogP contribution in [-0.4, -0.2) is 18.2 Å². The Morgan fingerprint density at radius 2 is 2.06 bits per heavy atom. The molecule has 0 radical (unpaired) electrons. The molecule has 1 aromatic carbocycles. The fourth-order valence-corrected chi connectivity index (χ4v) is 1.71. The predicted octanol–water partition coefficient (Wildman–Crippen LogP) is 1.71. The molecule has 86 valence electrons. The zero-order chi connectivity index (χ0) is 11.8. The minimum Gasteiger partial charge on any atom is -0.347 e. The Labute approximate surface area is 95.9 Å². The van der Waals surface area contributed by atoms with Crippen LogP contribution in [0.1, 0.15) is 25.3 Å². The second-order valence-electron chi connectivity index (χ2n) is 3.80. The number of aldehydes is 1. The van der Waals surface area contributed by atoms with Crippen LogP contribution in [0, 0.1) is 0 Å². The molecule has 0 heterocycles. The van der Waals surface area contributed by atoms with Crippen molar-refractivity contribution in [3.63, 3.8) is 0 Å². The van der Waals surface area contributed by atoms with Crippen LogP contribution in [0.15, 0.2) is 30.3 Å². The van der Waals surface area contributed by atoms with Gasteiger partial charge in [0.25, 0.3) is 5.91 Å². The SMILES string of the molecule is CCCC(Cc1ccccc1)NC(=O)C=O. The van der Waals surface area contributed by atoms with E-state index in [9.17, 15) is 9.59 Å². The quantitative estimate of drug-likeness (QED) is 0.585. The van der Waals surface area contributed by atoms with E-state index in [2.05, 4.69) is 12.2 Å². The molecule has 0 bridgehead atoms. The van der Waals surface area contributed by atoms with Crippen molar-refractivity contribution >= 4 is 12.2 Å². The van der Waals surface area contributed by atoms with E-state index in [-0.39, 0.29) is 6.04 Å². The lowest BCUT2D eigenvalue weighted by Gasteiger charge is -2.16. The average Bonchev–Trinajstić information content (AvgIpc) is 2.30. The summed E-state index contributed by atoms with van der Waals surface area (Å²) in [6.45, 7) is 2.06. The summed E-state index contributed by atoms with van der Waals surface area (Å²) in [7, 11) is 0. The smallest absolute Gasteiger partial charge is 0.284 e. The van der Waals surface area contributed by atoms with E-state index in [4.69, 9.17) is 0 Å². The lowest BCUT2D eigenvalue weighted by molar-refractivity contribution is -0.131. The van der Waals surface area contributed by atoms with Gasteiger partial charge >= 0.3 is 0 Å². The fraction of sp³-hybridized carbons (Fsp3) is 0.385. The lowest BCUT2D eigenvalue weighted by Crippen LogP contribution is -2.36. The number of benzene rings is 1. The van der Waals surface area contributed by atoms with Crippen molar-refractivity contribution in [3.8, 4) is 0 Å². The van der Waals surface area contributed by atoms with Gasteiger partial charge in [-0.15, -0.1) is 0 Å². The van der Waals surface area contributed by atoms with Crippen LogP contribution in [-0.2, 0) is 16.0 Å². The van der Waals surface area contributed by atoms with Gasteiger partial charge in [-0.2, -0.15) is 0 Å². The number of carbonyl (C=O) groups is 2. The standard InChI is InChI=1S/C13H17NO2/c1-2-6-12(14-13(16)10-15)9-11-7-4-3-5-8-11/h3-5,7-8,10,12H,2,6,9H2,1H3,(H,14,16). The van der Waals surface area contributed by atoms with Crippen molar-refractivity contribution in [1.82, 2.24) is 5.32 Å². The second kappa shape index (κ2) is 6.77. The summed E-state index contributed by atoms with van der Waals surface area (Å²) < 4.78 is 0. The molecule has 0 spiro atoms. The number of amides is 1. The topological polar surface area (TPSA) is 46.2 Å². The van der Waals surface area contributed by atoms with Gasteiger partial charge in [-0.1, -0.05) is 43.7 Å². The highest BCUT2D eigenvalue weighted by Gasteiger charge is 2.11. The zero-order valence-electron chi connectivity index (χ0n) is 9.48. The van der Waals surface area contributed by atoms with Crippen LogP contribution in [0.25, 0.3) is 0 Å².